The standard InChI is InChI=1S/C22H33N5O4/c1-5-30-18-9-7-16(15-19(18)31-6-2)21(28)23-17-8-10-20-24-27(14-13-25(3)4)22(29)26(20)12-11-17/h7,9,15,17H,5-6,8,10-14H2,1-4H3,(H,23,28). The highest BCUT2D eigenvalue weighted by atomic mass is 16.5. The minimum Gasteiger partial charge on any atom is -0.490 e. The molecule has 2 heterocycles. The summed E-state index contributed by atoms with van der Waals surface area (Å²) in [5, 5.41) is 7.61. The van der Waals surface area contributed by atoms with Gasteiger partial charge in [0.05, 0.1) is 19.8 Å². The van der Waals surface area contributed by atoms with Crippen LogP contribution < -0.4 is 20.5 Å². The van der Waals surface area contributed by atoms with E-state index in [1.165, 1.54) is 0 Å². The zero-order valence-electron chi connectivity index (χ0n) is 18.9. The van der Waals surface area contributed by atoms with Crippen molar-refractivity contribution in [1.82, 2.24) is 24.6 Å². The molecule has 1 atom stereocenters. The van der Waals surface area contributed by atoms with Crippen molar-refractivity contribution in [2.75, 3.05) is 33.9 Å². The Hall–Kier alpha value is -2.81. The van der Waals surface area contributed by atoms with Gasteiger partial charge in [-0.2, -0.15) is 5.10 Å². The molecule has 0 saturated heterocycles. The Bertz CT molecular complexity index is 950. The third kappa shape index (κ3) is 5.66. The Morgan fingerprint density at radius 3 is 2.65 bits per heavy atom. The van der Waals surface area contributed by atoms with Gasteiger partial charge in [0.2, 0.25) is 0 Å². The number of aryl methyl sites for hydroxylation is 1. The molecule has 0 radical (unpaired) electrons. The zero-order chi connectivity index (χ0) is 22.4. The fourth-order valence-corrected chi connectivity index (χ4v) is 3.67. The molecule has 170 valence electrons. The summed E-state index contributed by atoms with van der Waals surface area (Å²) in [4.78, 5) is 27.5. The van der Waals surface area contributed by atoms with E-state index in [4.69, 9.17) is 9.47 Å². The summed E-state index contributed by atoms with van der Waals surface area (Å²) in [5.74, 6) is 1.83. The van der Waals surface area contributed by atoms with Gasteiger partial charge in [0, 0.05) is 31.1 Å². The zero-order valence-corrected chi connectivity index (χ0v) is 18.9. The maximum absolute atomic E-state index is 12.8. The number of ether oxygens (including phenoxy) is 2. The van der Waals surface area contributed by atoms with Crippen LogP contribution in [-0.4, -0.2) is 65.1 Å². The lowest BCUT2D eigenvalue weighted by molar-refractivity contribution is 0.0932. The Morgan fingerprint density at radius 1 is 1.19 bits per heavy atom. The highest BCUT2D eigenvalue weighted by molar-refractivity contribution is 5.95. The van der Waals surface area contributed by atoms with Crippen LogP contribution in [0.5, 0.6) is 11.5 Å². The molecule has 1 aromatic carbocycles. The van der Waals surface area contributed by atoms with Crippen molar-refractivity contribution in [2.24, 2.45) is 0 Å². The first-order chi connectivity index (χ1) is 14.9. The largest absolute Gasteiger partial charge is 0.490 e. The normalized spacial score (nSPS) is 16.0. The van der Waals surface area contributed by atoms with Gasteiger partial charge >= 0.3 is 5.69 Å². The van der Waals surface area contributed by atoms with Crippen LogP contribution in [0.25, 0.3) is 0 Å². The summed E-state index contributed by atoms with van der Waals surface area (Å²) in [5.41, 5.74) is 0.455. The predicted molar refractivity (Wildman–Crippen MR) is 118 cm³/mol. The van der Waals surface area contributed by atoms with Crippen LogP contribution in [0, 0.1) is 0 Å². The fourth-order valence-electron chi connectivity index (χ4n) is 3.67. The molecule has 1 aromatic heterocycles. The number of hydrogen-bond donors (Lipinski definition) is 1. The van der Waals surface area contributed by atoms with Crippen LogP contribution in [0.1, 0.15) is 42.9 Å². The molecule has 2 aromatic rings. The average Bonchev–Trinajstić information content (AvgIpc) is 2.90. The van der Waals surface area contributed by atoms with Crippen molar-refractivity contribution in [3.63, 3.8) is 0 Å². The lowest BCUT2D eigenvalue weighted by atomic mass is 10.1. The van der Waals surface area contributed by atoms with E-state index in [0.717, 1.165) is 18.8 Å². The first-order valence-electron chi connectivity index (χ1n) is 10.9. The quantitative estimate of drug-likeness (QED) is 0.648. The van der Waals surface area contributed by atoms with E-state index < -0.39 is 0 Å². The number of nitrogens with zero attached hydrogens (tertiary/aromatic N) is 4. The molecule has 9 heteroatoms. The van der Waals surface area contributed by atoms with Gasteiger partial charge in [0.15, 0.2) is 11.5 Å². The van der Waals surface area contributed by atoms with Crippen LogP contribution >= 0.6 is 0 Å². The first-order valence-corrected chi connectivity index (χ1v) is 10.9. The second kappa shape index (κ2) is 10.5. The van der Waals surface area contributed by atoms with Gasteiger partial charge in [-0.1, -0.05) is 0 Å². The van der Waals surface area contributed by atoms with Gasteiger partial charge in [-0.05, 0) is 59.0 Å². The van der Waals surface area contributed by atoms with Crippen LogP contribution in [0.4, 0.5) is 0 Å². The molecular weight excluding hydrogens is 398 g/mol. The van der Waals surface area contributed by atoms with Crippen LogP contribution in [0.2, 0.25) is 0 Å². The number of rotatable bonds is 9. The fraction of sp³-hybridized carbons (Fsp3) is 0.591. The Labute approximate surface area is 182 Å². The van der Waals surface area contributed by atoms with E-state index in [1.54, 1.807) is 27.4 Å². The lowest BCUT2D eigenvalue weighted by Crippen LogP contribution is -2.36. The number of aromatic nitrogens is 3. The van der Waals surface area contributed by atoms with Crippen molar-refractivity contribution >= 4 is 5.91 Å². The Balaban J connectivity index is 1.64. The maximum atomic E-state index is 12.8. The Kier molecular flexibility index (Phi) is 7.73. The molecule has 1 aliphatic rings. The minimum atomic E-state index is -0.156. The van der Waals surface area contributed by atoms with Crippen molar-refractivity contribution in [3.05, 3.63) is 40.1 Å². The number of nitrogens with one attached hydrogen (secondary N) is 1. The molecule has 0 aliphatic carbocycles. The van der Waals surface area contributed by atoms with Crippen LogP contribution in [0.3, 0.4) is 0 Å². The third-order valence-corrected chi connectivity index (χ3v) is 5.32. The molecule has 0 spiro atoms. The summed E-state index contributed by atoms with van der Waals surface area (Å²) in [6.45, 7) is 6.71. The SMILES string of the molecule is CCOc1ccc(C(=O)NC2CCc3nn(CCN(C)C)c(=O)n3CC2)cc1OCC. The molecule has 1 unspecified atom stereocenters. The summed E-state index contributed by atoms with van der Waals surface area (Å²) in [6, 6.07) is 5.21. The summed E-state index contributed by atoms with van der Waals surface area (Å²) in [6.07, 6.45) is 2.08. The lowest BCUT2D eigenvalue weighted by Gasteiger charge is -2.17. The number of benzene rings is 1. The smallest absolute Gasteiger partial charge is 0.345 e. The summed E-state index contributed by atoms with van der Waals surface area (Å²) < 4.78 is 14.5. The number of carbonyl (C=O) groups is 1. The second-order valence-electron chi connectivity index (χ2n) is 7.90. The van der Waals surface area contributed by atoms with E-state index in [2.05, 4.69) is 10.4 Å². The van der Waals surface area contributed by atoms with Gasteiger partial charge in [-0.3, -0.25) is 9.36 Å². The van der Waals surface area contributed by atoms with Gasteiger partial charge in [0.25, 0.3) is 5.91 Å². The van der Waals surface area contributed by atoms with Gasteiger partial charge in [-0.25, -0.2) is 9.48 Å². The first kappa shape index (κ1) is 22.9. The monoisotopic (exact) mass is 431 g/mol. The minimum absolute atomic E-state index is 0.0223. The maximum Gasteiger partial charge on any atom is 0.345 e. The highest BCUT2D eigenvalue weighted by Crippen LogP contribution is 2.28. The molecule has 9 nitrogen and oxygen atoms in total. The van der Waals surface area contributed by atoms with Crippen molar-refractivity contribution in [3.8, 4) is 11.5 Å². The van der Waals surface area contributed by atoms with E-state index in [-0.39, 0.29) is 17.6 Å². The van der Waals surface area contributed by atoms with Gasteiger partial charge in [0.1, 0.15) is 5.82 Å². The number of fused-ring (bicyclic) bond motifs is 1. The van der Waals surface area contributed by atoms with E-state index in [9.17, 15) is 9.59 Å². The molecule has 0 saturated carbocycles. The Morgan fingerprint density at radius 2 is 1.94 bits per heavy atom. The van der Waals surface area contributed by atoms with Crippen LogP contribution in [0.15, 0.2) is 23.0 Å². The molecule has 1 amide bonds. The van der Waals surface area contributed by atoms with Crippen molar-refractivity contribution < 1.29 is 14.3 Å². The van der Waals surface area contributed by atoms with Crippen molar-refractivity contribution in [1.29, 1.82) is 0 Å². The van der Waals surface area contributed by atoms with E-state index in [0.29, 0.717) is 56.2 Å². The third-order valence-electron chi connectivity index (χ3n) is 5.32. The molecular formula is C22H33N5O4. The number of amides is 1. The number of carbonyl (C=O) groups excluding carboxylic acids is 1. The van der Waals surface area contributed by atoms with Crippen LogP contribution in [-0.2, 0) is 19.5 Å². The average molecular weight is 432 g/mol. The summed E-state index contributed by atoms with van der Waals surface area (Å²) in [7, 11) is 3.95. The second-order valence-corrected chi connectivity index (χ2v) is 7.90. The molecule has 31 heavy (non-hydrogen) atoms. The van der Waals surface area contributed by atoms with Gasteiger partial charge < -0.3 is 19.7 Å². The molecule has 3 rings (SSSR count). The van der Waals surface area contributed by atoms with Gasteiger partial charge in [-0.15, -0.1) is 0 Å². The predicted octanol–water partition coefficient (Wildman–Crippen LogP) is 1.54. The van der Waals surface area contributed by atoms with E-state index in [1.807, 2.05) is 32.8 Å². The number of hydrogen-bond acceptors (Lipinski definition) is 6. The topological polar surface area (TPSA) is 90.6 Å². The molecule has 1 N–H and O–H groups in total. The van der Waals surface area contributed by atoms with Crippen molar-refractivity contribution in [2.45, 2.75) is 52.2 Å². The highest BCUT2D eigenvalue weighted by Gasteiger charge is 2.23. The molecule has 0 fully saturated rings. The van der Waals surface area contributed by atoms with E-state index >= 15 is 0 Å². The summed E-state index contributed by atoms with van der Waals surface area (Å²) >= 11 is 0. The number of likely N-dealkylation sites (N-methyl/N-ethyl adjacent to an activating group) is 1. The molecule has 0 bridgehead atoms. The molecule has 1 aliphatic heterocycles.